The molecule has 0 spiro atoms. The van der Waals surface area contributed by atoms with Crippen LogP contribution in [-0.4, -0.2) is 36.7 Å². The van der Waals surface area contributed by atoms with Gasteiger partial charge in [0.15, 0.2) is 5.82 Å². The van der Waals surface area contributed by atoms with Gasteiger partial charge < -0.3 is 10.6 Å². The minimum Gasteiger partial charge on any atom is -0.367 e. The van der Waals surface area contributed by atoms with Gasteiger partial charge in [-0.05, 0) is 52.3 Å². The number of rotatable bonds is 8. The molecule has 3 aromatic heterocycles. The largest absolute Gasteiger partial charge is 0.367 e. The number of thiophene rings is 1. The van der Waals surface area contributed by atoms with E-state index in [0.717, 1.165) is 20.8 Å². The fourth-order valence-corrected chi connectivity index (χ4v) is 5.05. The van der Waals surface area contributed by atoms with Gasteiger partial charge in [-0.15, -0.1) is 21.5 Å². The van der Waals surface area contributed by atoms with Crippen LogP contribution in [0.15, 0.2) is 56.8 Å². The third-order valence-corrected chi connectivity index (χ3v) is 6.73. The Morgan fingerprint density at radius 3 is 2.35 bits per heavy atom. The summed E-state index contributed by atoms with van der Waals surface area (Å²) in [6.07, 6.45) is 3.36. The molecule has 0 unspecified atom stereocenters. The Bertz CT molecular complexity index is 948. The fourth-order valence-electron chi connectivity index (χ4n) is 1.97. The molecule has 3 N–H and O–H groups in total. The molecule has 8 nitrogen and oxygen atoms in total. The van der Waals surface area contributed by atoms with E-state index >= 15 is 0 Å². The highest BCUT2D eigenvalue weighted by Crippen LogP contribution is 2.25. The number of halogens is 1. The second kappa shape index (κ2) is 8.54. The Kier molecular flexibility index (Phi) is 6.14. The van der Waals surface area contributed by atoms with Crippen LogP contribution in [0.2, 0.25) is 0 Å². The number of nitrogens with one attached hydrogen (secondary N) is 3. The first-order valence-electron chi connectivity index (χ1n) is 7.52. The molecule has 3 heterocycles. The van der Waals surface area contributed by atoms with E-state index in [0.29, 0.717) is 18.2 Å². The van der Waals surface area contributed by atoms with E-state index in [4.69, 9.17) is 0 Å². The van der Waals surface area contributed by atoms with Crippen LogP contribution in [0.1, 0.15) is 0 Å². The maximum absolute atomic E-state index is 12.1. The van der Waals surface area contributed by atoms with E-state index in [1.807, 2.05) is 12.1 Å². The lowest BCUT2D eigenvalue weighted by molar-refractivity contribution is 0.585. The summed E-state index contributed by atoms with van der Waals surface area (Å²) in [4.78, 5) is 3.94. The summed E-state index contributed by atoms with van der Waals surface area (Å²) in [5.41, 5.74) is 0.865. The summed E-state index contributed by atoms with van der Waals surface area (Å²) in [7, 11) is -3.49. The monoisotopic (exact) mass is 454 g/mol. The SMILES string of the molecule is O=S(=O)(NCCNc1ccc(Nc2ccncc2)nn1)c1ccc(Br)s1. The highest BCUT2D eigenvalue weighted by atomic mass is 79.9. The molecule has 0 fully saturated rings. The summed E-state index contributed by atoms with van der Waals surface area (Å²) >= 11 is 4.42. The number of hydrogen-bond acceptors (Lipinski definition) is 8. The van der Waals surface area contributed by atoms with Gasteiger partial charge in [0.2, 0.25) is 10.0 Å². The Hall–Kier alpha value is -2.08. The number of anilines is 3. The molecule has 0 radical (unpaired) electrons. The molecule has 0 saturated carbocycles. The van der Waals surface area contributed by atoms with Gasteiger partial charge in [-0.25, -0.2) is 13.1 Å². The number of nitrogens with zero attached hydrogens (tertiary/aromatic N) is 3. The smallest absolute Gasteiger partial charge is 0.250 e. The molecule has 3 aromatic rings. The first-order chi connectivity index (χ1) is 12.5. The number of hydrogen-bond donors (Lipinski definition) is 3. The standard InChI is InChI=1S/C15H15BrN6O2S2/c16-12-1-4-15(25-12)26(23,24)19-10-9-18-13-2-3-14(22-21-13)20-11-5-7-17-8-6-11/h1-8,19H,9-10H2,(H,18,21)(H,17,20,22). The molecule has 0 atom stereocenters. The molecule has 0 aliphatic carbocycles. The van der Waals surface area contributed by atoms with E-state index in [1.165, 1.54) is 0 Å². The number of aromatic nitrogens is 3. The van der Waals surface area contributed by atoms with Gasteiger partial charge in [0, 0.05) is 31.2 Å². The van der Waals surface area contributed by atoms with Crippen LogP contribution >= 0.6 is 27.3 Å². The van der Waals surface area contributed by atoms with Gasteiger partial charge in [0.1, 0.15) is 10.0 Å². The Morgan fingerprint density at radius 2 is 1.69 bits per heavy atom. The van der Waals surface area contributed by atoms with Crippen LogP contribution in [0.25, 0.3) is 0 Å². The first kappa shape index (κ1) is 18.7. The second-order valence-electron chi connectivity index (χ2n) is 5.05. The summed E-state index contributed by atoms with van der Waals surface area (Å²) in [6, 6.07) is 10.5. The topological polar surface area (TPSA) is 109 Å². The minimum absolute atomic E-state index is 0.233. The fraction of sp³-hybridized carbons (Fsp3) is 0.133. The van der Waals surface area contributed by atoms with Crippen molar-refractivity contribution in [3.8, 4) is 0 Å². The lowest BCUT2D eigenvalue weighted by atomic mass is 10.4. The van der Waals surface area contributed by atoms with Crippen molar-refractivity contribution in [2.24, 2.45) is 0 Å². The normalized spacial score (nSPS) is 11.3. The highest BCUT2D eigenvalue weighted by molar-refractivity contribution is 9.11. The summed E-state index contributed by atoms with van der Waals surface area (Å²) < 4.78 is 27.7. The van der Waals surface area contributed by atoms with Crippen molar-refractivity contribution in [2.45, 2.75) is 4.21 Å². The van der Waals surface area contributed by atoms with Crippen molar-refractivity contribution < 1.29 is 8.42 Å². The van der Waals surface area contributed by atoms with E-state index < -0.39 is 10.0 Å². The van der Waals surface area contributed by atoms with Gasteiger partial charge in [-0.3, -0.25) is 4.98 Å². The Labute approximate surface area is 163 Å². The average molecular weight is 455 g/mol. The van der Waals surface area contributed by atoms with Crippen molar-refractivity contribution >= 4 is 54.6 Å². The van der Waals surface area contributed by atoms with Gasteiger partial charge in [0.25, 0.3) is 0 Å². The summed E-state index contributed by atoms with van der Waals surface area (Å²) in [5.74, 6) is 1.16. The molecule has 26 heavy (non-hydrogen) atoms. The zero-order valence-electron chi connectivity index (χ0n) is 13.4. The molecule has 0 amide bonds. The van der Waals surface area contributed by atoms with Gasteiger partial charge in [-0.2, -0.15) is 0 Å². The lowest BCUT2D eigenvalue weighted by Gasteiger charge is -2.08. The molecule has 0 bridgehead atoms. The van der Waals surface area contributed by atoms with Crippen LogP contribution in [0.3, 0.4) is 0 Å². The van der Waals surface area contributed by atoms with E-state index in [2.05, 4.69) is 46.5 Å². The first-order valence-corrected chi connectivity index (χ1v) is 10.6. The molecule has 0 saturated heterocycles. The summed E-state index contributed by atoms with van der Waals surface area (Å²) in [5, 5.41) is 14.2. The predicted octanol–water partition coefficient (Wildman–Crippen LogP) is 2.83. The Balaban J connectivity index is 1.46. The van der Waals surface area contributed by atoms with Crippen molar-refractivity contribution in [1.29, 1.82) is 0 Å². The Morgan fingerprint density at radius 1 is 0.962 bits per heavy atom. The molecule has 136 valence electrons. The zero-order chi connectivity index (χ0) is 18.4. The summed E-state index contributed by atoms with van der Waals surface area (Å²) in [6.45, 7) is 0.619. The van der Waals surface area contributed by atoms with Gasteiger partial charge >= 0.3 is 0 Å². The van der Waals surface area contributed by atoms with Crippen molar-refractivity contribution in [1.82, 2.24) is 19.9 Å². The average Bonchev–Trinajstić information content (AvgIpc) is 3.08. The van der Waals surface area contributed by atoms with Crippen LogP contribution in [0.5, 0.6) is 0 Å². The van der Waals surface area contributed by atoms with Gasteiger partial charge in [-0.1, -0.05) is 0 Å². The van der Waals surface area contributed by atoms with Crippen LogP contribution in [-0.2, 0) is 10.0 Å². The predicted molar refractivity (Wildman–Crippen MR) is 105 cm³/mol. The van der Waals surface area contributed by atoms with Crippen molar-refractivity contribution in [2.75, 3.05) is 23.7 Å². The minimum atomic E-state index is -3.49. The molecule has 3 rings (SSSR count). The third kappa shape index (κ3) is 5.21. The van der Waals surface area contributed by atoms with Crippen molar-refractivity contribution in [3.05, 3.63) is 52.6 Å². The maximum atomic E-state index is 12.1. The van der Waals surface area contributed by atoms with E-state index in [9.17, 15) is 8.42 Å². The zero-order valence-corrected chi connectivity index (χ0v) is 16.6. The lowest BCUT2D eigenvalue weighted by Crippen LogP contribution is -2.28. The molecule has 0 aromatic carbocycles. The quantitative estimate of drug-likeness (QED) is 0.448. The highest BCUT2D eigenvalue weighted by Gasteiger charge is 2.15. The maximum Gasteiger partial charge on any atom is 0.250 e. The molecular formula is C15H15BrN6O2S2. The second-order valence-corrected chi connectivity index (χ2v) is 9.50. The third-order valence-electron chi connectivity index (χ3n) is 3.15. The molecule has 0 aliphatic heterocycles. The number of sulfonamides is 1. The molecule has 11 heteroatoms. The van der Waals surface area contributed by atoms with Crippen LogP contribution in [0, 0.1) is 0 Å². The van der Waals surface area contributed by atoms with Gasteiger partial charge in [0.05, 0.1) is 3.79 Å². The van der Waals surface area contributed by atoms with Crippen molar-refractivity contribution in [3.63, 3.8) is 0 Å². The molecular weight excluding hydrogens is 440 g/mol. The van der Waals surface area contributed by atoms with Crippen LogP contribution < -0.4 is 15.4 Å². The van der Waals surface area contributed by atoms with E-state index in [-0.39, 0.29) is 10.8 Å². The molecule has 0 aliphatic rings. The van der Waals surface area contributed by atoms with Crippen LogP contribution in [0.4, 0.5) is 17.3 Å². The number of pyridine rings is 1. The van der Waals surface area contributed by atoms with E-state index in [1.54, 1.807) is 36.7 Å².